The third-order valence-corrected chi connectivity index (χ3v) is 5.68. The molecule has 17 heteroatoms. The summed E-state index contributed by atoms with van der Waals surface area (Å²) in [6, 6.07) is 0. The van der Waals surface area contributed by atoms with Gasteiger partial charge in [0, 0.05) is 0 Å². The van der Waals surface area contributed by atoms with Gasteiger partial charge in [-0.3, -0.25) is 0 Å². The largest absolute Gasteiger partial charge is 0.394 e. The van der Waals surface area contributed by atoms with Gasteiger partial charge in [0.15, 0.2) is 0 Å². The first-order chi connectivity index (χ1) is 24.4. The van der Waals surface area contributed by atoms with Gasteiger partial charge in [0.25, 0.3) is 0 Å². The average molecular weight is 723 g/mol. The van der Waals surface area contributed by atoms with Gasteiger partial charge in [-0.1, -0.05) is 0 Å². The third-order valence-electron chi connectivity index (χ3n) is 5.68. The molecule has 0 radical (unpaired) electrons. The highest BCUT2D eigenvalue weighted by Crippen LogP contribution is 1.88. The second-order valence-corrected chi connectivity index (χ2v) is 9.63. The summed E-state index contributed by atoms with van der Waals surface area (Å²) >= 11 is 0. The van der Waals surface area contributed by atoms with Crippen LogP contribution in [0.3, 0.4) is 0 Å². The molecule has 0 fully saturated rings. The Bertz CT molecular complexity index is 522. The van der Waals surface area contributed by atoms with Crippen molar-refractivity contribution in [3.05, 3.63) is 0 Å². The number of hydrogen-bond donors (Lipinski definition) is 2. The fourth-order valence-electron chi connectivity index (χ4n) is 3.31. The lowest BCUT2D eigenvalue weighted by Crippen LogP contribution is -2.15. The summed E-state index contributed by atoms with van der Waals surface area (Å²) in [5, 5.41) is 17.2. The van der Waals surface area contributed by atoms with Crippen LogP contribution in [0.2, 0.25) is 0 Å². The molecule has 296 valence electrons. The fraction of sp³-hybridized carbons (Fsp3) is 1.00. The molecule has 0 aromatic rings. The standard InChI is InChI=1S/C32H66O17/c33-1-3-35-5-7-37-9-11-39-13-15-41-17-19-43-21-23-45-25-27-47-29-31-49-32-30-48-28-26-46-24-22-44-20-18-42-16-14-40-12-10-38-8-6-36-4-2-34/h33-34H,1-32H2. The predicted molar refractivity (Wildman–Crippen MR) is 176 cm³/mol. The molecule has 0 saturated heterocycles. The molecule has 0 bridgehead atoms. The first-order valence-electron chi connectivity index (χ1n) is 17.3. The SMILES string of the molecule is OCCOCCOCCOCCOCCOCCOCCOCCOCCOCCOCCOCCOCCOCCOCCOCCO. The highest BCUT2D eigenvalue weighted by atomic mass is 16.6. The van der Waals surface area contributed by atoms with Gasteiger partial charge >= 0.3 is 0 Å². The van der Waals surface area contributed by atoms with Gasteiger partial charge in [-0.15, -0.1) is 0 Å². The van der Waals surface area contributed by atoms with Crippen molar-refractivity contribution in [2.24, 2.45) is 0 Å². The van der Waals surface area contributed by atoms with Gasteiger partial charge in [-0.05, 0) is 0 Å². The van der Waals surface area contributed by atoms with Crippen LogP contribution in [-0.2, 0) is 71.1 Å². The van der Waals surface area contributed by atoms with Gasteiger partial charge < -0.3 is 81.3 Å². The summed E-state index contributed by atoms with van der Waals surface area (Å²) in [5.41, 5.74) is 0. The normalized spacial score (nSPS) is 11.6. The van der Waals surface area contributed by atoms with E-state index in [1.54, 1.807) is 0 Å². The lowest BCUT2D eigenvalue weighted by molar-refractivity contribution is -0.0303. The maximum atomic E-state index is 8.58. The molecule has 0 saturated carbocycles. The maximum absolute atomic E-state index is 8.58. The predicted octanol–water partition coefficient (Wildman–Crippen LogP) is -0.780. The van der Waals surface area contributed by atoms with Gasteiger partial charge in [-0.25, -0.2) is 0 Å². The molecule has 0 spiro atoms. The molecule has 0 aliphatic rings. The quantitative estimate of drug-likeness (QED) is 0.0747. The van der Waals surface area contributed by atoms with E-state index in [1.165, 1.54) is 0 Å². The Labute approximate surface area is 292 Å². The number of ether oxygens (including phenoxy) is 15. The number of aliphatic hydroxyl groups is 2. The Hall–Kier alpha value is -0.680. The topological polar surface area (TPSA) is 179 Å². The monoisotopic (exact) mass is 722 g/mol. The lowest BCUT2D eigenvalue weighted by atomic mass is 10.6. The van der Waals surface area contributed by atoms with Crippen molar-refractivity contribution in [3.63, 3.8) is 0 Å². The molecule has 0 unspecified atom stereocenters. The van der Waals surface area contributed by atoms with Crippen molar-refractivity contribution >= 4 is 0 Å². The lowest BCUT2D eigenvalue weighted by Gasteiger charge is -2.09. The van der Waals surface area contributed by atoms with Gasteiger partial charge in [-0.2, -0.15) is 0 Å². The van der Waals surface area contributed by atoms with Crippen LogP contribution in [-0.4, -0.2) is 222 Å². The third kappa shape index (κ3) is 47.3. The van der Waals surface area contributed by atoms with Crippen molar-refractivity contribution < 1.29 is 81.3 Å². The van der Waals surface area contributed by atoms with E-state index in [4.69, 9.17) is 81.3 Å². The maximum Gasteiger partial charge on any atom is 0.0701 e. The molecule has 0 aliphatic heterocycles. The summed E-state index contributed by atoms with van der Waals surface area (Å²) in [7, 11) is 0. The Kier molecular flexibility index (Phi) is 46.7. The van der Waals surface area contributed by atoms with E-state index in [9.17, 15) is 0 Å². The Morgan fingerprint density at radius 1 is 0.143 bits per heavy atom. The highest BCUT2D eigenvalue weighted by Gasteiger charge is 1.97. The fourth-order valence-corrected chi connectivity index (χ4v) is 3.31. The number of rotatable bonds is 46. The Morgan fingerprint density at radius 2 is 0.224 bits per heavy atom. The molecule has 0 aliphatic carbocycles. The van der Waals surface area contributed by atoms with Crippen molar-refractivity contribution in [1.82, 2.24) is 0 Å². The minimum Gasteiger partial charge on any atom is -0.394 e. The van der Waals surface area contributed by atoms with E-state index < -0.39 is 0 Å². The number of hydrogen-bond acceptors (Lipinski definition) is 17. The molecule has 17 nitrogen and oxygen atoms in total. The first-order valence-corrected chi connectivity index (χ1v) is 17.3. The summed E-state index contributed by atoms with van der Waals surface area (Å²) < 4.78 is 80.8. The van der Waals surface area contributed by atoms with Crippen LogP contribution >= 0.6 is 0 Å². The van der Waals surface area contributed by atoms with Crippen LogP contribution in [0.4, 0.5) is 0 Å². The number of aliphatic hydroxyl groups excluding tert-OH is 2. The van der Waals surface area contributed by atoms with Crippen molar-refractivity contribution in [2.75, 3.05) is 211 Å². The van der Waals surface area contributed by atoms with E-state index in [1.807, 2.05) is 0 Å². The first kappa shape index (κ1) is 48.3. The van der Waals surface area contributed by atoms with Crippen molar-refractivity contribution in [3.8, 4) is 0 Å². The van der Waals surface area contributed by atoms with Crippen LogP contribution < -0.4 is 0 Å². The molecule has 0 atom stereocenters. The summed E-state index contributed by atoms with van der Waals surface area (Å²) in [6.45, 7) is 14.6. The van der Waals surface area contributed by atoms with Gasteiger partial charge in [0.05, 0.1) is 211 Å². The zero-order chi connectivity index (χ0) is 35.2. The summed E-state index contributed by atoms with van der Waals surface area (Å²) in [6.07, 6.45) is 0. The molecule has 0 amide bonds. The molecular weight excluding hydrogens is 656 g/mol. The minimum absolute atomic E-state index is 0.0218. The van der Waals surface area contributed by atoms with E-state index in [0.717, 1.165) is 0 Å². The zero-order valence-corrected chi connectivity index (χ0v) is 29.6. The molecule has 0 heterocycles. The van der Waals surface area contributed by atoms with Crippen LogP contribution in [0, 0.1) is 0 Å². The van der Waals surface area contributed by atoms with Crippen molar-refractivity contribution in [1.29, 1.82) is 0 Å². The molecule has 0 aromatic heterocycles. The van der Waals surface area contributed by atoms with E-state index in [0.29, 0.717) is 198 Å². The van der Waals surface area contributed by atoms with Crippen LogP contribution in [0.1, 0.15) is 0 Å². The highest BCUT2D eigenvalue weighted by molar-refractivity contribution is 4.40. The summed E-state index contributed by atoms with van der Waals surface area (Å²) in [5.74, 6) is 0. The van der Waals surface area contributed by atoms with Crippen molar-refractivity contribution in [2.45, 2.75) is 0 Å². The molecule has 2 N–H and O–H groups in total. The minimum atomic E-state index is 0.0218. The van der Waals surface area contributed by atoms with Crippen LogP contribution in [0.25, 0.3) is 0 Å². The van der Waals surface area contributed by atoms with E-state index in [-0.39, 0.29) is 13.2 Å². The second-order valence-electron chi connectivity index (χ2n) is 9.63. The van der Waals surface area contributed by atoms with E-state index in [2.05, 4.69) is 0 Å². The Morgan fingerprint density at radius 3 is 0.306 bits per heavy atom. The van der Waals surface area contributed by atoms with Gasteiger partial charge in [0.2, 0.25) is 0 Å². The second kappa shape index (κ2) is 47.3. The van der Waals surface area contributed by atoms with E-state index >= 15 is 0 Å². The zero-order valence-electron chi connectivity index (χ0n) is 29.6. The molecule has 0 aromatic carbocycles. The average Bonchev–Trinajstić information content (AvgIpc) is 3.11. The van der Waals surface area contributed by atoms with Crippen LogP contribution in [0.15, 0.2) is 0 Å². The molecular formula is C32H66O17. The Balaban J connectivity index is 3.04. The van der Waals surface area contributed by atoms with Gasteiger partial charge in [0.1, 0.15) is 0 Å². The van der Waals surface area contributed by atoms with Crippen LogP contribution in [0.5, 0.6) is 0 Å². The molecule has 49 heavy (non-hydrogen) atoms. The smallest absolute Gasteiger partial charge is 0.0701 e. The molecule has 0 rings (SSSR count). The summed E-state index contributed by atoms with van der Waals surface area (Å²) in [4.78, 5) is 0.